The van der Waals surface area contributed by atoms with Crippen LogP contribution in [0.2, 0.25) is 0 Å². The molecular weight excluding hydrogens is 458 g/mol. The van der Waals surface area contributed by atoms with Gasteiger partial charge >= 0.3 is 18.0 Å². The number of esters is 1. The Balaban J connectivity index is 1.91. The number of piperazine rings is 1. The van der Waals surface area contributed by atoms with Crippen molar-refractivity contribution in [3.63, 3.8) is 0 Å². The van der Waals surface area contributed by atoms with E-state index in [4.69, 9.17) is 4.74 Å². The maximum absolute atomic E-state index is 13.3. The van der Waals surface area contributed by atoms with Crippen molar-refractivity contribution in [3.8, 4) is 0 Å². The third kappa shape index (κ3) is 6.37. The molecule has 3 rings (SSSR count). The highest BCUT2D eigenvalue weighted by Gasteiger charge is 2.38. The van der Waals surface area contributed by atoms with Crippen LogP contribution in [0.5, 0.6) is 0 Å². The fourth-order valence-corrected chi connectivity index (χ4v) is 4.64. The zero-order valence-electron chi connectivity index (χ0n) is 22.5. The standard InChI is InChI=1S/C27H41N5O4/c1-7-32-22(17-30-13-15-31(16-14-30)26(34)28-19(5)6)23(25(33)36-8-2)24(29-27(32)35)21-11-9-20(10-12-21)18(3)4/h9-12,18-19,24H,7-8,13-17H2,1-6H3,(H,28,34)(H,29,35)/t24-/m0/s1. The smallest absolute Gasteiger partial charge is 0.338 e. The summed E-state index contributed by atoms with van der Waals surface area (Å²) in [5.74, 6) is -0.0358. The predicted octanol–water partition coefficient (Wildman–Crippen LogP) is 3.45. The third-order valence-electron chi connectivity index (χ3n) is 6.63. The summed E-state index contributed by atoms with van der Waals surface area (Å²) in [4.78, 5) is 44.5. The molecule has 198 valence electrons. The Bertz CT molecular complexity index is 965. The first-order valence-electron chi connectivity index (χ1n) is 13.0. The normalized spacial score (nSPS) is 19.1. The number of amides is 4. The first-order valence-corrected chi connectivity index (χ1v) is 13.0. The molecule has 0 radical (unpaired) electrons. The molecule has 2 aliphatic heterocycles. The SMILES string of the molecule is CCOC(=O)C1=C(CN2CCN(C(=O)NC(C)C)CC2)N(CC)C(=O)N[C@H]1c1ccc(C(C)C)cc1. The van der Waals surface area contributed by atoms with E-state index < -0.39 is 12.0 Å². The minimum Gasteiger partial charge on any atom is -0.463 e. The van der Waals surface area contributed by atoms with Gasteiger partial charge in [-0.1, -0.05) is 38.1 Å². The minimum absolute atomic E-state index is 0.0618. The largest absolute Gasteiger partial charge is 0.463 e. The number of hydrogen-bond donors (Lipinski definition) is 2. The topological polar surface area (TPSA) is 94.2 Å². The van der Waals surface area contributed by atoms with Crippen LogP contribution in [-0.2, 0) is 9.53 Å². The van der Waals surface area contributed by atoms with E-state index in [0.29, 0.717) is 56.5 Å². The van der Waals surface area contributed by atoms with Crippen LogP contribution in [0, 0.1) is 0 Å². The summed E-state index contributed by atoms with van der Waals surface area (Å²) in [5, 5.41) is 5.97. The van der Waals surface area contributed by atoms with Gasteiger partial charge in [-0.05, 0) is 44.7 Å². The molecule has 2 heterocycles. The van der Waals surface area contributed by atoms with E-state index in [1.807, 2.05) is 45.0 Å². The van der Waals surface area contributed by atoms with Gasteiger partial charge in [-0.3, -0.25) is 9.80 Å². The molecule has 0 unspecified atom stereocenters. The number of likely N-dealkylation sites (N-methyl/N-ethyl adjacent to an activating group) is 1. The van der Waals surface area contributed by atoms with Crippen molar-refractivity contribution in [1.29, 1.82) is 0 Å². The Morgan fingerprint density at radius 2 is 1.69 bits per heavy atom. The van der Waals surface area contributed by atoms with Crippen molar-refractivity contribution in [2.75, 3.05) is 45.9 Å². The van der Waals surface area contributed by atoms with Gasteiger partial charge in [0.1, 0.15) is 0 Å². The summed E-state index contributed by atoms with van der Waals surface area (Å²) in [6.07, 6.45) is 0. The third-order valence-corrected chi connectivity index (χ3v) is 6.63. The average molecular weight is 500 g/mol. The van der Waals surface area contributed by atoms with E-state index in [1.54, 1.807) is 16.7 Å². The molecule has 2 aliphatic rings. The lowest BCUT2D eigenvalue weighted by atomic mass is 9.92. The molecule has 0 saturated carbocycles. The van der Waals surface area contributed by atoms with E-state index in [0.717, 1.165) is 5.56 Å². The zero-order chi connectivity index (χ0) is 26.4. The van der Waals surface area contributed by atoms with E-state index in [-0.39, 0.29) is 24.7 Å². The van der Waals surface area contributed by atoms with Gasteiger partial charge in [0, 0.05) is 51.0 Å². The van der Waals surface area contributed by atoms with Crippen molar-refractivity contribution in [2.24, 2.45) is 0 Å². The Morgan fingerprint density at radius 1 is 1.06 bits per heavy atom. The maximum atomic E-state index is 13.3. The van der Waals surface area contributed by atoms with E-state index in [1.165, 1.54) is 5.56 Å². The lowest BCUT2D eigenvalue weighted by molar-refractivity contribution is -0.139. The number of hydrogen-bond acceptors (Lipinski definition) is 5. The van der Waals surface area contributed by atoms with Crippen LogP contribution in [-0.4, -0.2) is 84.6 Å². The van der Waals surface area contributed by atoms with Crippen LogP contribution in [0.4, 0.5) is 9.59 Å². The van der Waals surface area contributed by atoms with E-state index >= 15 is 0 Å². The molecule has 1 fully saturated rings. The van der Waals surface area contributed by atoms with Gasteiger partial charge in [0.05, 0.1) is 18.2 Å². The zero-order valence-corrected chi connectivity index (χ0v) is 22.5. The lowest BCUT2D eigenvalue weighted by Gasteiger charge is -2.40. The van der Waals surface area contributed by atoms with Crippen molar-refractivity contribution >= 4 is 18.0 Å². The monoisotopic (exact) mass is 499 g/mol. The molecule has 1 atom stereocenters. The number of carbonyl (C=O) groups is 3. The Hall–Kier alpha value is -3.07. The number of nitrogens with one attached hydrogen (secondary N) is 2. The van der Waals surface area contributed by atoms with Gasteiger partial charge in [-0.15, -0.1) is 0 Å². The molecule has 1 saturated heterocycles. The molecule has 9 heteroatoms. The molecule has 4 amide bonds. The number of nitrogens with zero attached hydrogens (tertiary/aromatic N) is 3. The van der Waals surface area contributed by atoms with Crippen LogP contribution in [0.15, 0.2) is 35.5 Å². The first-order chi connectivity index (χ1) is 17.2. The summed E-state index contributed by atoms with van der Waals surface area (Å²) in [6.45, 7) is 15.4. The number of ether oxygens (including phenoxy) is 1. The van der Waals surface area contributed by atoms with Crippen LogP contribution >= 0.6 is 0 Å². The second-order valence-electron chi connectivity index (χ2n) is 9.90. The fraction of sp³-hybridized carbons (Fsp3) is 0.593. The molecule has 36 heavy (non-hydrogen) atoms. The van der Waals surface area contributed by atoms with Crippen LogP contribution in [0.1, 0.15) is 64.6 Å². The van der Waals surface area contributed by atoms with Gasteiger partial charge in [-0.2, -0.15) is 0 Å². The second-order valence-corrected chi connectivity index (χ2v) is 9.90. The lowest BCUT2D eigenvalue weighted by Crippen LogP contribution is -2.55. The Kier molecular flexibility index (Phi) is 9.37. The van der Waals surface area contributed by atoms with Gasteiger partial charge in [0.25, 0.3) is 0 Å². The molecule has 1 aromatic carbocycles. The highest BCUT2D eigenvalue weighted by molar-refractivity contribution is 5.95. The first kappa shape index (κ1) is 27.5. The number of benzene rings is 1. The van der Waals surface area contributed by atoms with Crippen molar-refractivity contribution < 1.29 is 19.1 Å². The maximum Gasteiger partial charge on any atom is 0.338 e. The van der Waals surface area contributed by atoms with Gasteiger partial charge in [0.15, 0.2) is 0 Å². The number of rotatable bonds is 8. The van der Waals surface area contributed by atoms with Crippen molar-refractivity contribution in [3.05, 3.63) is 46.7 Å². The van der Waals surface area contributed by atoms with Gasteiger partial charge < -0.3 is 20.3 Å². The van der Waals surface area contributed by atoms with Gasteiger partial charge in [-0.25, -0.2) is 14.4 Å². The minimum atomic E-state index is -0.589. The molecule has 0 aliphatic carbocycles. The predicted molar refractivity (Wildman–Crippen MR) is 140 cm³/mol. The van der Waals surface area contributed by atoms with E-state index in [9.17, 15) is 14.4 Å². The molecule has 0 spiro atoms. The molecule has 0 aromatic heterocycles. The summed E-state index contributed by atoms with van der Waals surface area (Å²) in [6, 6.07) is 7.24. The van der Waals surface area contributed by atoms with Crippen LogP contribution < -0.4 is 10.6 Å². The Labute approximate surface area is 214 Å². The highest BCUT2D eigenvalue weighted by Crippen LogP contribution is 2.33. The second kappa shape index (κ2) is 12.3. The quantitative estimate of drug-likeness (QED) is 0.535. The molecule has 1 aromatic rings. The summed E-state index contributed by atoms with van der Waals surface area (Å²) >= 11 is 0. The fourth-order valence-electron chi connectivity index (χ4n) is 4.64. The number of carbonyl (C=O) groups excluding carboxylic acids is 3. The molecular formula is C27H41N5O4. The van der Waals surface area contributed by atoms with Crippen molar-refractivity contribution in [2.45, 2.75) is 59.5 Å². The Morgan fingerprint density at radius 3 is 2.22 bits per heavy atom. The van der Waals surface area contributed by atoms with Crippen LogP contribution in [0.25, 0.3) is 0 Å². The van der Waals surface area contributed by atoms with E-state index in [2.05, 4.69) is 29.4 Å². The molecule has 9 nitrogen and oxygen atoms in total. The summed E-state index contributed by atoms with van der Waals surface area (Å²) in [7, 11) is 0. The van der Waals surface area contributed by atoms with Gasteiger partial charge in [0.2, 0.25) is 0 Å². The average Bonchev–Trinajstić information content (AvgIpc) is 2.84. The number of urea groups is 2. The molecule has 0 bridgehead atoms. The summed E-state index contributed by atoms with van der Waals surface area (Å²) < 4.78 is 5.47. The van der Waals surface area contributed by atoms with Crippen molar-refractivity contribution in [1.82, 2.24) is 25.3 Å². The summed E-state index contributed by atoms with van der Waals surface area (Å²) in [5.41, 5.74) is 3.17. The molecule has 2 N–H and O–H groups in total. The highest BCUT2D eigenvalue weighted by atomic mass is 16.5. The van der Waals surface area contributed by atoms with Crippen LogP contribution in [0.3, 0.4) is 0 Å².